The number of piperidine rings is 1. The van der Waals surface area contributed by atoms with Gasteiger partial charge in [-0.05, 0) is 17.5 Å². The second kappa shape index (κ2) is 5.90. The Kier molecular flexibility index (Phi) is 3.98. The molecule has 108 valence electrons. The van der Waals surface area contributed by atoms with Gasteiger partial charge in [-0.25, -0.2) is 0 Å². The molecule has 3 heteroatoms. The molecule has 2 aromatic carbocycles. The van der Waals surface area contributed by atoms with Gasteiger partial charge in [0, 0.05) is 18.4 Å². The van der Waals surface area contributed by atoms with E-state index in [0.29, 0.717) is 13.0 Å². The Bertz CT molecular complexity index is 572. The van der Waals surface area contributed by atoms with Crippen LogP contribution in [0.25, 0.3) is 0 Å². The van der Waals surface area contributed by atoms with E-state index in [9.17, 15) is 4.79 Å². The number of amides is 1. The predicted octanol–water partition coefficient (Wildman–Crippen LogP) is 3.79. The van der Waals surface area contributed by atoms with E-state index in [2.05, 4.69) is 48.5 Å². The summed E-state index contributed by atoms with van der Waals surface area (Å²) in [6, 6.07) is 21.1. The summed E-state index contributed by atoms with van der Waals surface area (Å²) in [5, 5.41) is 0. The van der Waals surface area contributed by atoms with Crippen LogP contribution >= 0.6 is 11.6 Å². The Labute approximate surface area is 130 Å². The van der Waals surface area contributed by atoms with Crippen molar-refractivity contribution in [3.63, 3.8) is 0 Å². The van der Waals surface area contributed by atoms with Crippen LogP contribution in [-0.2, 0) is 10.2 Å². The molecule has 3 rings (SSSR count). The van der Waals surface area contributed by atoms with Gasteiger partial charge in [-0.3, -0.25) is 4.79 Å². The van der Waals surface area contributed by atoms with E-state index in [4.69, 9.17) is 11.6 Å². The molecular formula is C18H18ClNO. The quantitative estimate of drug-likeness (QED) is 0.624. The molecule has 0 spiro atoms. The van der Waals surface area contributed by atoms with E-state index in [0.717, 1.165) is 6.42 Å². The van der Waals surface area contributed by atoms with Crippen LogP contribution in [0.3, 0.4) is 0 Å². The van der Waals surface area contributed by atoms with Crippen molar-refractivity contribution < 1.29 is 4.79 Å². The van der Waals surface area contributed by atoms with Gasteiger partial charge in [-0.2, -0.15) is 0 Å². The van der Waals surface area contributed by atoms with Crippen molar-refractivity contribution in [1.29, 1.82) is 0 Å². The Hall–Kier alpha value is -1.80. The number of carbonyl (C=O) groups excluding carboxylic acids is 1. The van der Waals surface area contributed by atoms with Gasteiger partial charge in [0.15, 0.2) is 0 Å². The highest BCUT2D eigenvalue weighted by Crippen LogP contribution is 2.40. The van der Waals surface area contributed by atoms with Gasteiger partial charge in [0.05, 0.1) is 6.00 Å². The average molecular weight is 300 g/mol. The van der Waals surface area contributed by atoms with Crippen LogP contribution in [-0.4, -0.2) is 23.4 Å². The van der Waals surface area contributed by atoms with Gasteiger partial charge in [0.1, 0.15) is 0 Å². The summed E-state index contributed by atoms with van der Waals surface area (Å²) in [7, 11) is 0. The molecule has 0 aromatic heterocycles. The maximum atomic E-state index is 12.0. The van der Waals surface area contributed by atoms with Crippen molar-refractivity contribution in [2.24, 2.45) is 0 Å². The SMILES string of the molecule is O=C1CCC(c2ccccc2)(c2ccccc2)CN1CCl. The highest BCUT2D eigenvalue weighted by molar-refractivity contribution is 6.18. The van der Waals surface area contributed by atoms with Crippen molar-refractivity contribution in [2.75, 3.05) is 12.5 Å². The number of benzene rings is 2. The van der Waals surface area contributed by atoms with Crippen LogP contribution in [0.1, 0.15) is 24.0 Å². The number of carbonyl (C=O) groups is 1. The normalized spacial score (nSPS) is 17.8. The van der Waals surface area contributed by atoms with Crippen LogP contribution in [0.15, 0.2) is 60.7 Å². The van der Waals surface area contributed by atoms with E-state index in [1.165, 1.54) is 11.1 Å². The van der Waals surface area contributed by atoms with E-state index in [1.807, 2.05) is 12.1 Å². The maximum Gasteiger partial charge on any atom is 0.223 e. The molecule has 1 aliphatic heterocycles. The van der Waals surface area contributed by atoms with Crippen LogP contribution in [0.5, 0.6) is 0 Å². The number of likely N-dealkylation sites (tertiary alicyclic amines) is 1. The predicted molar refractivity (Wildman–Crippen MR) is 85.3 cm³/mol. The van der Waals surface area contributed by atoms with Crippen LogP contribution in [0, 0.1) is 0 Å². The lowest BCUT2D eigenvalue weighted by atomic mass is 9.69. The number of nitrogens with zero attached hydrogens (tertiary/aromatic N) is 1. The summed E-state index contributed by atoms with van der Waals surface area (Å²) in [4.78, 5) is 13.8. The molecule has 1 amide bonds. The maximum absolute atomic E-state index is 12.0. The zero-order chi connectivity index (χ0) is 14.7. The van der Waals surface area contributed by atoms with E-state index in [1.54, 1.807) is 4.90 Å². The van der Waals surface area contributed by atoms with Gasteiger partial charge in [0.25, 0.3) is 0 Å². The fraction of sp³-hybridized carbons (Fsp3) is 0.278. The van der Waals surface area contributed by atoms with Crippen molar-refractivity contribution in [3.8, 4) is 0 Å². The van der Waals surface area contributed by atoms with Gasteiger partial charge in [0.2, 0.25) is 5.91 Å². The third-order valence-electron chi connectivity index (χ3n) is 4.38. The molecule has 21 heavy (non-hydrogen) atoms. The van der Waals surface area contributed by atoms with Crippen LogP contribution < -0.4 is 0 Å². The minimum absolute atomic E-state index is 0.146. The zero-order valence-electron chi connectivity index (χ0n) is 11.8. The fourth-order valence-electron chi connectivity index (χ4n) is 3.23. The molecule has 0 N–H and O–H groups in total. The summed E-state index contributed by atoms with van der Waals surface area (Å²) in [6.07, 6.45) is 1.36. The van der Waals surface area contributed by atoms with Crippen LogP contribution in [0.2, 0.25) is 0 Å². The fourth-order valence-corrected chi connectivity index (χ4v) is 3.45. The molecule has 2 nitrogen and oxygen atoms in total. The first kappa shape index (κ1) is 14.2. The monoisotopic (exact) mass is 299 g/mol. The van der Waals surface area contributed by atoms with Gasteiger partial charge in [-0.1, -0.05) is 60.7 Å². The molecule has 1 fully saturated rings. The standard InChI is InChI=1S/C18H18ClNO/c19-14-20-13-18(12-11-17(20)21,15-7-3-1-4-8-15)16-9-5-2-6-10-16/h1-10H,11-14H2. The summed E-state index contributed by atoms with van der Waals surface area (Å²) in [5.41, 5.74) is 2.34. The molecule has 0 radical (unpaired) electrons. The van der Waals surface area contributed by atoms with Crippen molar-refractivity contribution in [1.82, 2.24) is 4.90 Å². The number of alkyl halides is 1. The van der Waals surface area contributed by atoms with E-state index >= 15 is 0 Å². The summed E-state index contributed by atoms with van der Waals surface area (Å²) >= 11 is 5.98. The largest absolute Gasteiger partial charge is 0.328 e. The summed E-state index contributed by atoms with van der Waals surface area (Å²) < 4.78 is 0. The highest BCUT2D eigenvalue weighted by atomic mass is 35.5. The first-order valence-electron chi connectivity index (χ1n) is 7.21. The lowest BCUT2D eigenvalue weighted by molar-refractivity contribution is -0.133. The number of halogens is 1. The molecule has 0 bridgehead atoms. The Morgan fingerprint density at radius 2 is 1.48 bits per heavy atom. The topological polar surface area (TPSA) is 20.3 Å². The number of rotatable bonds is 3. The first-order chi connectivity index (χ1) is 10.3. The second-order valence-corrected chi connectivity index (χ2v) is 5.76. The zero-order valence-corrected chi connectivity index (χ0v) is 12.6. The molecule has 1 aliphatic rings. The number of hydrogen-bond donors (Lipinski definition) is 0. The summed E-state index contributed by atoms with van der Waals surface area (Å²) in [6.45, 7) is 0.642. The number of hydrogen-bond acceptors (Lipinski definition) is 1. The lowest BCUT2D eigenvalue weighted by Crippen LogP contribution is -2.49. The summed E-state index contributed by atoms with van der Waals surface area (Å²) in [5.74, 6) is 0.146. The smallest absolute Gasteiger partial charge is 0.223 e. The average Bonchev–Trinajstić information content (AvgIpc) is 2.57. The molecular weight excluding hydrogens is 282 g/mol. The van der Waals surface area contributed by atoms with Crippen molar-refractivity contribution in [2.45, 2.75) is 18.3 Å². The Morgan fingerprint density at radius 1 is 0.952 bits per heavy atom. The molecule has 1 saturated heterocycles. The van der Waals surface area contributed by atoms with Crippen LogP contribution in [0.4, 0.5) is 0 Å². The van der Waals surface area contributed by atoms with Crippen molar-refractivity contribution >= 4 is 17.5 Å². The molecule has 2 aromatic rings. The third kappa shape index (κ3) is 2.56. The molecule has 0 saturated carbocycles. The van der Waals surface area contributed by atoms with Crippen molar-refractivity contribution in [3.05, 3.63) is 71.8 Å². The highest BCUT2D eigenvalue weighted by Gasteiger charge is 2.41. The molecule has 0 atom stereocenters. The first-order valence-corrected chi connectivity index (χ1v) is 7.74. The Morgan fingerprint density at radius 3 is 1.95 bits per heavy atom. The third-order valence-corrected chi connectivity index (χ3v) is 4.66. The molecule has 1 heterocycles. The molecule has 0 unspecified atom stereocenters. The minimum Gasteiger partial charge on any atom is -0.328 e. The molecule has 0 aliphatic carbocycles. The van der Waals surface area contributed by atoms with Gasteiger partial charge >= 0.3 is 0 Å². The van der Waals surface area contributed by atoms with Gasteiger partial charge in [-0.15, -0.1) is 11.6 Å². The Balaban J connectivity index is 2.10. The van der Waals surface area contributed by atoms with E-state index in [-0.39, 0.29) is 17.3 Å². The second-order valence-electron chi connectivity index (χ2n) is 5.53. The van der Waals surface area contributed by atoms with E-state index < -0.39 is 0 Å². The van der Waals surface area contributed by atoms with Gasteiger partial charge < -0.3 is 4.90 Å². The lowest BCUT2D eigenvalue weighted by Gasteiger charge is -2.43. The minimum atomic E-state index is -0.161.